The molecule has 0 aromatic carbocycles. The smallest absolute Gasteiger partial charge is 0.313 e. The first-order chi connectivity index (χ1) is 7.77. The summed E-state index contributed by atoms with van der Waals surface area (Å²) in [7, 11) is 1.73. The van der Waals surface area contributed by atoms with Crippen LogP contribution in [0, 0.1) is 11.3 Å². The topological polar surface area (TPSA) is 49.4 Å². The van der Waals surface area contributed by atoms with Crippen LogP contribution in [-0.2, 0) is 4.79 Å². The summed E-state index contributed by atoms with van der Waals surface area (Å²) in [6, 6.07) is -0.246. The highest BCUT2D eigenvalue weighted by Gasteiger charge is 2.53. The molecule has 1 N–H and O–H groups in total. The molecule has 1 saturated carbocycles. The van der Waals surface area contributed by atoms with Crippen LogP contribution in [0.5, 0.6) is 0 Å². The maximum atomic E-state index is 12.0. The van der Waals surface area contributed by atoms with Crippen LogP contribution >= 0.6 is 0 Å². The molecular weight excluding hydrogens is 216 g/mol. The van der Waals surface area contributed by atoms with E-state index in [0.29, 0.717) is 11.3 Å². The molecule has 17 heavy (non-hydrogen) atoms. The van der Waals surface area contributed by atoms with E-state index in [1.807, 2.05) is 0 Å². The number of carbonyl (C=O) groups is 2. The Balaban J connectivity index is 2.13. The van der Waals surface area contributed by atoms with Crippen molar-refractivity contribution in [1.29, 1.82) is 0 Å². The van der Waals surface area contributed by atoms with Gasteiger partial charge in [0.2, 0.25) is 0 Å². The largest absolute Gasteiger partial charge is 0.324 e. The highest BCUT2D eigenvalue weighted by atomic mass is 16.2. The predicted octanol–water partition coefficient (Wildman–Crippen LogP) is 2.14. The minimum atomic E-state index is -0.557. The lowest BCUT2D eigenvalue weighted by Gasteiger charge is -2.43. The van der Waals surface area contributed by atoms with Crippen LogP contribution in [0.15, 0.2) is 0 Å². The van der Waals surface area contributed by atoms with Gasteiger partial charge < -0.3 is 4.90 Å². The van der Waals surface area contributed by atoms with Crippen molar-refractivity contribution in [1.82, 2.24) is 10.2 Å². The molecule has 0 atom stereocenters. The molecule has 1 saturated heterocycles. The van der Waals surface area contributed by atoms with E-state index < -0.39 is 5.54 Å². The van der Waals surface area contributed by atoms with Crippen LogP contribution in [0.25, 0.3) is 0 Å². The van der Waals surface area contributed by atoms with E-state index in [1.165, 1.54) is 0 Å². The zero-order valence-corrected chi connectivity index (χ0v) is 11.2. The Hall–Kier alpha value is -1.06. The summed E-state index contributed by atoms with van der Waals surface area (Å²) >= 11 is 0. The number of nitrogens with zero attached hydrogens (tertiary/aromatic N) is 1. The van der Waals surface area contributed by atoms with Gasteiger partial charge in [-0.05, 0) is 37.0 Å². The Morgan fingerprint density at radius 1 is 1.24 bits per heavy atom. The number of imide groups is 1. The minimum absolute atomic E-state index is 0.0997. The molecule has 2 fully saturated rings. The molecule has 1 spiro atoms. The molecule has 0 aromatic rings. The van der Waals surface area contributed by atoms with Gasteiger partial charge in [-0.2, -0.15) is 0 Å². The molecule has 0 aromatic heterocycles. The highest BCUT2D eigenvalue weighted by molar-refractivity contribution is 6.06. The molecule has 1 aliphatic heterocycles. The monoisotopic (exact) mass is 238 g/mol. The summed E-state index contributed by atoms with van der Waals surface area (Å²) in [5, 5.41) is 2.43. The number of rotatable bonds is 0. The lowest BCUT2D eigenvalue weighted by atomic mass is 9.67. The summed E-state index contributed by atoms with van der Waals surface area (Å²) in [5.74, 6) is 0.544. The lowest BCUT2D eigenvalue weighted by Crippen LogP contribution is -2.51. The molecule has 2 aliphatic rings. The summed E-state index contributed by atoms with van der Waals surface area (Å²) in [6.07, 6.45) is 3.63. The van der Waals surface area contributed by atoms with Crippen molar-refractivity contribution >= 4 is 11.9 Å². The van der Waals surface area contributed by atoms with Gasteiger partial charge >= 0.3 is 6.03 Å². The van der Waals surface area contributed by atoms with Crippen LogP contribution in [0.3, 0.4) is 0 Å². The van der Waals surface area contributed by atoms with E-state index in [-0.39, 0.29) is 11.9 Å². The first-order valence-corrected chi connectivity index (χ1v) is 6.36. The maximum Gasteiger partial charge on any atom is 0.324 e. The van der Waals surface area contributed by atoms with Crippen molar-refractivity contribution in [2.45, 2.75) is 52.0 Å². The average molecular weight is 238 g/mol. The number of urea groups is 1. The Kier molecular flexibility index (Phi) is 2.71. The van der Waals surface area contributed by atoms with Crippen molar-refractivity contribution in [2.24, 2.45) is 11.3 Å². The van der Waals surface area contributed by atoms with Crippen molar-refractivity contribution in [3.63, 3.8) is 0 Å². The summed E-state index contributed by atoms with van der Waals surface area (Å²) < 4.78 is 0. The number of nitrogens with one attached hydrogen (secondary N) is 1. The summed E-state index contributed by atoms with van der Waals surface area (Å²) in [4.78, 5) is 25.1. The molecule has 96 valence electrons. The first kappa shape index (κ1) is 12.4. The Bertz CT molecular complexity index is 349. The standard InChI is InChI=1S/C13H22N2O2/c1-12(2,3)9-5-7-13(8-6-9)10(16)14-11(17)15(13)4/h9H,5-8H2,1-4H3,(H,14,16,17). The minimum Gasteiger partial charge on any atom is -0.313 e. The normalized spacial score (nSPS) is 34.4. The second-order valence-electron chi connectivity index (χ2n) is 6.49. The number of amides is 3. The van der Waals surface area contributed by atoms with E-state index in [9.17, 15) is 9.59 Å². The fourth-order valence-corrected chi connectivity index (χ4v) is 3.17. The quantitative estimate of drug-likeness (QED) is 0.657. The highest BCUT2D eigenvalue weighted by Crippen LogP contribution is 2.44. The van der Waals surface area contributed by atoms with Crippen LogP contribution < -0.4 is 5.32 Å². The third-order valence-corrected chi connectivity index (χ3v) is 4.63. The van der Waals surface area contributed by atoms with Crippen molar-refractivity contribution in [2.75, 3.05) is 7.05 Å². The van der Waals surface area contributed by atoms with Crippen molar-refractivity contribution in [3.05, 3.63) is 0 Å². The average Bonchev–Trinajstić information content (AvgIpc) is 2.43. The summed E-state index contributed by atoms with van der Waals surface area (Å²) in [6.45, 7) is 6.75. The molecule has 0 radical (unpaired) electrons. The van der Waals surface area contributed by atoms with E-state index >= 15 is 0 Å². The van der Waals surface area contributed by atoms with Gasteiger partial charge in [0.15, 0.2) is 0 Å². The molecular formula is C13H22N2O2. The van der Waals surface area contributed by atoms with Crippen LogP contribution in [-0.4, -0.2) is 29.4 Å². The zero-order valence-electron chi connectivity index (χ0n) is 11.2. The van der Waals surface area contributed by atoms with Gasteiger partial charge in [0, 0.05) is 7.05 Å². The number of hydrogen-bond donors (Lipinski definition) is 1. The van der Waals surface area contributed by atoms with E-state index in [0.717, 1.165) is 25.7 Å². The lowest BCUT2D eigenvalue weighted by molar-refractivity contribution is -0.128. The van der Waals surface area contributed by atoms with Crippen molar-refractivity contribution < 1.29 is 9.59 Å². The summed E-state index contributed by atoms with van der Waals surface area (Å²) in [5.41, 5.74) is -0.266. The van der Waals surface area contributed by atoms with E-state index in [4.69, 9.17) is 0 Å². The molecule has 4 nitrogen and oxygen atoms in total. The van der Waals surface area contributed by atoms with Crippen LogP contribution in [0.4, 0.5) is 4.79 Å². The third-order valence-electron chi connectivity index (χ3n) is 4.63. The Morgan fingerprint density at radius 2 is 1.76 bits per heavy atom. The second-order valence-corrected chi connectivity index (χ2v) is 6.49. The molecule has 2 rings (SSSR count). The van der Waals surface area contributed by atoms with Crippen LogP contribution in [0.2, 0.25) is 0 Å². The second kappa shape index (κ2) is 3.72. The maximum absolute atomic E-state index is 12.0. The number of carbonyl (C=O) groups excluding carboxylic acids is 2. The molecule has 1 aliphatic carbocycles. The molecule has 1 heterocycles. The SMILES string of the molecule is CN1C(=O)NC(=O)C12CCC(C(C)(C)C)CC2. The molecule has 0 bridgehead atoms. The number of likely N-dealkylation sites (N-methyl/N-ethyl adjacent to an activating group) is 1. The first-order valence-electron chi connectivity index (χ1n) is 6.36. The molecule has 0 unspecified atom stereocenters. The Labute approximate surface area is 103 Å². The van der Waals surface area contributed by atoms with E-state index in [1.54, 1.807) is 11.9 Å². The van der Waals surface area contributed by atoms with Gasteiger partial charge in [0.1, 0.15) is 5.54 Å². The van der Waals surface area contributed by atoms with E-state index in [2.05, 4.69) is 26.1 Å². The molecule has 4 heteroatoms. The fourth-order valence-electron chi connectivity index (χ4n) is 3.17. The van der Waals surface area contributed by atoms with Gasteiger partial charge in [-0.3, -0.25) is 10.1 Å². The molecule has 3 amide bonds. The number of hydrogen-bond acceptors (Lipinski definition) is 2. The fraction of sp³-hybridized carbons (Fsp3) is 0.846. The van der Waals surface area contributed by atoms with Crippen LogP contribution in [0.1, 0.15) is 46.5 Å². The predicted molar refractivity (Wildman–Crippen MR) is 65.4 cm³/mol. The zero-order chi connectivity index (χ0) is 12.8. The van der Waals surface area contributed by atoms with Gasteiger partial charge in [-0.1, -0.05) is 20.8 Å². The van der Waals surface area contributed by atoms with Gasteiger partial charge in [0.05, 0.1) is 0 Å². The van der Waals surface area contributed by atoms with Gasteiger partial charge in [0.25, 0.3) is 5.91 Å². The third kappa shape index (κ3) is 1.83. The van der Waals surface area contributed by atoms with Crippen molar-refractivity contribution in [3.8, 4) is 0 Å². The van der Waals surface area contributed by atoms with Gasteiger partial charge in [-0.15, -0.1) is 0 Å². The van der Waals surface area contributed by atoms with Gasteiger partial charge in [-0.25, -0.2) is 4.79 Å². The Morgan fingerprint density at radius 3 is 2.12 bits per heavy atom.